The van der Waals surface area contributed by atoms with Crippen LogP contribution in [0.5, 0.6) is 11.5 Å². The summed E-state index contributed by atoms with van der Waals surface area (Å²) in [6, 6.07) is 10.6. The molecule has 0 aromatic heterocycles. The topological polar surface area (TPSA) is 113 Å². The van der Waals surface area contributed by atoms with Gasteiger partial charge in [-0.2, -0.15) is 0 Å². The third-order valence-corrected chi connectivity index (χ3v) is 5.12. The number of carboxylic acid groups (broad SMARTS) is 1. The summed E-state index contributed by atoms with van der Waals surface area (Å²) >= 11 is 0. The van der Waals surface area contributed by atoms with Crippen LogP contribution >= 0.6 is 0 Å². The van der Waals surface area contributed by atoms with Gasteiger partial charge in [0.1, 0.15) is 11.5 Å². The average molecular weight is 424 g/mol. The Kier molecular flexibility index (Phi) is 6.06. The minimum atomic E-state index is -2.02. The molecule has 3 rings (SSSR count). The maximum Gasteiger partial charge on any atom is 0.375 e. The predicted molar refractivity (Wildman–Crippen MR) is 113 cm³/mol. The van der Waals surface area contributed by atoms with Crippen LogP contribution in [-0.4, -0.2) is 40.0 Å². The van der Waals surface area contributed by atoms with Crippen LogP contribution in [0.25, 0.3) is 5.57 Å². The van der Waals surface area contributed by atoms with Crippen molar-refractivity contribution in [2.24, 2.45) is 0 Å². The lowest BCUT2D eigenvalue weighted by Crippen LogP contribution is -2.43. The fourth-order valence-electron chi connectivity index (χ4n) is 3.58. The Balaban J connectivity index is 2.11. The summed E-state index contributed by atoms with van der Waals surface area (Å²) in [4.78, 5) is 25.0. The molecule has 0 bridgehead atoms. The van der Waals surface area contributed by atoms with E-state index in [-0.39, 0.29) is 29.3 Å². The number of phenols is 2. The number of carbonyl (C=O) groups excluding carboxylic acids is 1. The number of phenolic OH excluding ortho intramolecular Hbond substituents is 2. The number of carbonyl (C=O) groups is 2. The van der Waals surface area contributed by atoms with Crippen molar-refractivity contribution in [3.05, 3.63) is 76.6 Å². The van der Waals surface area contributed by atoms with Gasteiger partial charge in [-0.25, -0.2) is 9.59 Å². The van der Waals surface area contributed by atoms with Gasteiger partial charge in [0.05, 0.1) is 12.7 Å². The van der Waals surface area contributed by atoms with E-state index in [1.165, 1.54) is 37.4 Å². The molecule has 0 saturated carbocycles. The summed E-state index contributed by atoms with van der Waals surface area (Å²) in [5.41, 5.74) is 0.714. The summed E-state index contributed by atoms with van der Waals surface area (Å²) in [6.07, 6.45) is 2.26. The molecule has 162 valence electrons. The van der Waals surface area contributed by atoms with E-state index in [0.717, 1.165) is 5.57 Å². The van der Waals surface area contributed by atoms with Crippen LogP contribution < -0.4 is 0 Å². The maximum absolute atomic E-state index is 12.5. The smallest absolute Gasteiger partial charge is 0.375 e. The lowest BCUT2D eigenvalue weighted by Gasteiger charge is -2.27. The first-order valence-electron chi connectivity index (χ1n) is 9.67. The molecular weight excluding hydrogens is 400 g/mol. The van der Waals surface area contributed by atoms with Crippen molar-refractivity contribution in [1.29, 1.82) is 0 Å². The molecule has 0 radical (unpaired) electrons. The van der Waals surface area contributed by atoms with Gasteiger partial charge in [-0.1, -0.05) is 35.9 Å². The molecule has 0 fully saturated rings. The van der Waals surface area contributed by atoms with Crippen LogP contribution in [0.4, 0.5) is 0 Å². The fourth-order valence-corrected chi connectivity index (χ4v) is 3.58. The molecule has 1 aliphatic heterocycles. The molecule has 0 spiro atoms. The van der Waals surface area contributed by atoms with E-state index in [1.54, 1.807) is 12.1 Å². The lowest BCUT2D eigenvalue weighted by molar-refractivity contribution is -0.167. The number of esters is 1. The third kappa shape index (κ3) is 4.26. The normalized spacial score (nSPS) is 18.0. The number of allylic oxidation sites excluding steroid dienone is 2. The Labute approximate surface area is 179 Å². The molecule has 1 unspecified atom stereocenters. The van der Waals surface area contributed by atoms with Crippen LogP contribution in [0.15, 0.2) is 59.9 Å². The van der Waals surface area contributed by atoms with Crippen LogP contribution in [0.2, 0.25) is 0 Å². The molecule has 31 heavy (non-hydrogen) atoms. The first-order valence-corrected chi connectivity index (χ1v) is 9.67. The van der Waals surface area contributed by atoms with Crippen LogP contribution in [-0.2, 0) is 31.9 Å². The van der Waals surface area contributed by atoms with Gasteiger partial charge in [-0.05, 0) is 55.2 Å². The highest BCUT2D eigenvalue weighted by molar-refractivity contribution is 6.11. The predicted octanol–water partition coefficient (Wildman–Crippen LogP) is 3.59. The monoisotopic (exact) mass is 424 g/mol. The van der Waals surface area contributed by atoms with Gasteiger partial charge in [0.2, 0.25) is 11.4 Å². The molecule has 2 aromatic carbocycles. The number of ether oxygens (including phenoxy) is 2. The van der Waals surface area contributed by atoms with Crippen LogP contribution in [0, 0.1) is 0 Å². The van der Waals surface area contributed by atoms with Crippen molar-refractivity contribution in [1.82, 2.24) is 0 Å². The van der Waals surface area contributed by atoms with Gasteiger partial charge in [0.25, 0.3) is 0 Å². The largest absolute Gasteiger partial charge is 0.508 e. The Morgan fingerprint density at radius 2 is 1.81 bits per heavy atom. The van der Waals surface area contributed by atoms with Crippen molar-refractivity contribution in [2.45, 2.75) is 32.3 Å². The molecule has 7 nitrogen and oxygen atoms in total. The first-order chi connectivity index (χ1) is 14.7. The van der Waals surface area contributed by atoms with Gasteiger partial charge in [-0.15, -0.1) is 0 Å². The molecule has 1 heterocycles. The summed E-state index contributed by atoms with van der Waals surface area (Å²) in [7, 11) is 1.27. The number of methoxy groups -OCH3 is 1. The van der Waals surface area contributed by atoms with Gasteiger partial charge in [0.15, 0.2) is 0 Å². The minimum Gasteiger partial charge on any atom is -0.508 e. The summed E-state index contributed by atoms with van der Waals surface area (Å²) < 4.78 is 10.6. The van der Waals surface area contributed by atoms with E-state index in [4.69, 9.17) is 9.47 Å². The number of hydrogen-bond donors (Lipinski definition) is 3. The fraction of sp³-hybridized carbons (Fsp3) is 0.250. The van der Waals surface area contributed by atoms with Crippen molar-refractivity contribution >= 4 is 17.5 Å². The highest BCUT2D eigenvalue weighted by atomic mass is 16.6. The molecule has 7 heteroatoms. The molecule has 0 saturated heterocycles. The van der Waals surface area contributed by atoms with Gasteiger partial charge in [0, 0.05) is 6.42 Å². The number of rotatable bonds is 7. The van der Waals surface area contributed by atoms with Gasteiger partial charge < -0.3 is 24.8 Å². The molecule has 2 aromatic rings. The Bertz CT molecular complexity index is 1080. The van der Waals surface area contributed by atoms with E-state index >= 15 is 0 Å². The Hall–Kier alpha value is -3.74. The number of aliphatic carboxylic acids is 1. The lowest BCUT2D eigenvalue weighted by atomic mass is 9.83. The number of cyclic esters (lactones) is 1. The zero-order valence-electron chi connectivity index (χ0n) is 17.5. The molecule has 3 N–H and O–H groups in total. The Morgan fingerprint density at radius 3 is 2.39 bits per heavy atom. The van der Waals surface area contributed by atoms with E-state index in [2.05, 4.69) is 0 Å². The van der Waals surface area contributed by atoms with Crippen molar-refractivity contribution in [2.75, 3.05) is 7.11 Å². The van der Waals surface area contributed by atoms with E-state index in [9.17, 15) is 24.9 Å². The van der Waals surface area contributed by atoms with Gasteiger partial charge >= 0.3 is 11.9 Å². The van der Waals surface area contributed by atoms with E-state index < -0.39 is 17.5 Å². The van der Waals surface area contributed by atoms with Crippen molar-refractivity contribution < 1.29 is 34.4 Å². The highest BCUT2D eigenvalue weighted by Crippen LogP contribution is 2.43. The molecule has 1 atom stereocenters. The second-order valence-corrected chi connectivity index (χ2v) is 7.60. The second kappa shape index (κ2) is 8.55. The molecule has 0 aliphatic carbocycles. The second-order valence-electron chi connectivity index (χ2n) is 7.60. The third-order valence-electron chi connectivity index (χ3n) is 5.12. The summed E-state index contributed by atoms with van der Waals surface area (Å²) in [6.45, 7) is 3.89. The standard InChI is InChI=1S/C24H24O7/c1-14(2)4-6-17-12-15(5-11-19(17)26)13-24(23(28)29)20(21(30-3)22(27)31-24)16-7-9-18(25)10-8-16/h4-5,7-12,25-26H,6,13H2,1-3H3,(H,28,29). The SMILES string of the molecule is COC1=C(c2ccc(O)cc2)C(Cc2ccc(O)c(CC=C(C)C)c2)(C(=O)O)OC1=O. The molecular formula is C24H24O7. The number of aromatic hydroxyl groups is 2. The maximum atomic E-state index is 12.5. The van der Waals surface area contributed by atoms with Crippen LogP contribution in [0.3, 0.4) is 0 Å². The molecule has 1 aliphatic rings. The van der Waals surface area contributed by atoms with E-state index in [0.29, 0.717) is 23.1 Å². The van der Waals surface area contributed by atoms with Crippen LogP contribution in [0.1, 0.15) is 30.5 Å². The zero-order valence-corrected chi connectivity index (χ0v) is 17.5. The van der Waals surface area contributed by atoms with Gasteiger partial charge in [-0.3, -0.25) is 0 Å². The number of benzene rings is 2. The summed E-state index contributed by atoms with van der Waals surface area (Å²) in [5, 5.41) is 29.9. The highest BCUT2D eigenvalue weighted by Gasteiger charge is 2.55. The quantitative estimate of drug-likeness (QED) is 0.460. The first kappa shape index (κ1) is 22.0. The zero-order chi connectivity index (χ0) is 22.8. The number of carboxylic acids is 1. The van der Waals surface area contributed by atoms with Crippen molar-refractivity contribution in [3.8, 4) is 11.5 Å². The summed E-state index contributed by atoms with van der Waals surface area (Å²) in [5.74, 6) is -2.33. The van der Waals surface area contributed by atoms with Crippen molar-refractivity contribution in [3.63, 3.8) is 0 Å². The minimum absolute atomic E-state index is 0.00284. The number of hydrogen-bond acceptors (Lipinski definition) is 6. The van der Waals surface area contributed by atoms with E-state index in [1.807, 2.05) is 19.9 Å². The average Bonchev–Trinajstić information content (AvgIpc) is 3.01. The Morgan fingerprint density at radius 1 is 1.13 bits per heavy atom. The molecule has 0 amide bonds.